The number of para-hydroxylation sites is 1. The molecule has 0 atom stereocenters. The number of ether oxygens (including phenoxy) is 1. The van der Waals surface area contributed by atoms with E-state index >= 15 is 0 Å². The van der Waals surface area contributed by atoms with Crippen LogP contribution in [0.2, 0.25) is 0 Å². The summed E-state index contributed by atoms with van der Waals surface area (Å²) in [5, 5.41) is 9.30. The van der Waals surface area contributed by atoms with E-state index in [9.17, 15) is 14.3 Å². The first kappa shape index (κ1) is 13.1. The van der Waals surface area contributed by atoms with Crippen LogP contribution in [0.1, 0.15) is 16.2 Å². The molecular formula is C15H11FN2O3. The van der Waals surface area contributed by atoms with Crippen LogP contribution >= 0.6 is 0 Å². The molecule has 0 saturated carbocycles. The zero-order chi connectivity index (χ0) is 14.8. The molecule has 0 aliphatic rings. The number of hydrogen-bond donors (Lipinski definition) is 1. The van der Waals surface area contributed by atoms with Gasteiger partial charge in [-0.3, -0.25) is 4.40 Å². The molecule has 0 unspecified atom stereocenters. The van der Waals surface area contributed by atoms with Crippen molar-refractivity contribution in [3.05, 3.63) is 65.9 Å². The lowest BCUT2D eigenvalue weighted by atomic mass is 10.3. The molecule has 1 N–H and O–H groups in total. The highest BCUT2D eigenvalue weighted by Gasteiger charge is 2.20. The zero-order valence-corrected chi connectivity index (χ0v) is 10.9. The summed E-state index contributed by atoms with van der Waals surface area (Å²) in [5.74, 6) is -1.17. The Hall–Kier alpha value is -2.89. The fraction of sp³-hybridized carbons (Fsp3) is 0.0667. The molecule has 0 spiro atoms. The second kappa shape index (κ2) is 5.24. The Morgan fingerprint density at radius 3 is 2.71 bits per heavy atom. The van der Waals surface area contributed by atoms with Crippen LogP contribution in [0.5, 0.6) is 5.75 Å². The molecule has 0 saturated heterocycles. The highest BCUT2D eigenvalue weighted by Crippen LogP contribution is 2.18. The molecule has 0 aliphatic carbocycles. The van der Waals surface area contributed by atoms with Crippen LogP contribution in [0.15, 0.2) is 48.7 Å². The average Bonchev–Trinajstić information content (AvgIpc) is 2.86. The van der Waals surface area contributed by atoms with Gasteiger partial charge in [-0.05, 0) is 24.3 Å². The fourth-order valence-corrected chi connectivity index (χ4v) is 2.08. The van der Waals surface area contributed by atoms with Gasteiger partial charge in [0, 0.05) is 6.20 Å². The molecule has 0 bridgehead atoms. The molecule has 3 aromatic rings. The SMILES string of the molecule is O=C(O)c1c(COc2ccccc2)nc2c(F)cccn12. The minimum absolute atomic E-state index is 0.0263. The number of carbonyl (C=O) groups is 1. The summed E-state index contributed by atoms with van der Waals surface area (Å²) in [6, 6.07) is 11.6. The van der Waals surface area contributed by atoms with Gasteiger partial charge in [-0.25, -0.2) is 14.2 Å². The first-order chi connectivity index (χ1) is 10.2. The molecule has 0 aliphatic heterocycles. The first-order valence-corrected chi connectivity index (χ1v) is 6.23. The zero-order valence-electron chi connectivity index (χ0n) is 10.9. The molecule has 2 aromatic heterocycles. The Bertz CT molecular complexity index is 799. The maximum absolute atomic E-state index is 13.7. The van der Waals surface area contributed by atoms with Gasteiger partial charge in [-0.2, -0.15) is 0 Å². The van der Waals surface area contributed by atoms with Crippen molar-refractivity contribution < 1.29 is 19.0 Å². The Morgan fingerprint density at radius 2 is 2.00 bits per heavy atom. The summed E-state index contributed by atoms with van der Waals surface area (Å²) < 4.78 is 20.4. The van der Waals surface area contributed by atoms with Crippen molar-refractivity contribution in [1.29, 1.82) is 0 Å². The monoisotopic (exact) mass is 286 g/mol. The largest absolute Gasteiger partial charge is 0.487 e. The van der Waals surface area contributed by atoms with E-state index in [2.05, 4.69) is 4.98 Å². The standard InChI is InChI=1S/C15H11FN2O3/c16-11-7-4-8-18-13(15(19)20)12(17-14(11)18)9-21-10-5-2-1-3-6-10/h1-8H,9H2,(H,19,20). The van der Waals surface area contributed by atoms with Gasteiger partial charge in [-0.1, -0.05) is 18.2 Å². The third kappa shape index (κ3) is 2.43. The van der Waals surface area contributed by atoms with Gasteiger partial charge in [-0.15, -0.1) is 0 Å². The van der Waals surface area contributed by atoms with Crippen LogP contribution in [0.25, 0.3) is 5.65 Å². The molecule has 106 valence electrons. The number of aromatic nitrogens is 2. The summed E-state index contributed by atoms with van der Waals surface area (Å²) >= 11 is 0. The van der Waals surface area contributed by atoms with Crippen molar-refractivity contribution in [3.63, 3.8) is 0 Å². The normalized spacial score (nSPS) is 10.7. The summed E-state index contributed by atoms with van der Waals surface area (Å²) in [5.41, 5.74) is 0.0541. The third-order valence-electron chi connectivity index (χ3n) is 3.00. The summed E-state index contributed by atoms with van der Waals surface area (Å²) in [6.07, 6.45) is 1.46. The van der Waals surface area contributed by atoms with Crippen LogP contribution < -0.4 is 4.74 Å². The van der Waals surface area contributed by atoms with Gasteiger partial charge in [0.15, 0.2) is 17.2 Å². The molecule has 2 heterocycles. The molecule has 0 fully saturated rings. The Labute approximate surface area is 119 Å². The van der Waals surface area contributed by atoms with E-state index in [1.54, 1.807) is 24.3 Å². The Kier molecular flexibility index (Phi) is 3.27. The number of carboxylic acids is 1. The molecule has 0 radical (unpaired) electrons. The topological polar surface area (TPSA) is 63.8 Å². The maximum Gasteiger partial charge on any atom is 0.354 e. The number of nitrogens with zero attached hydrogens (tertiary/aromatic N) is 2. The van der Waals surface area contributed by atoms with Crippen LogP contribution in [0, 0.1) is 5.82 Å². The van der Waals surface area contributed by atoms with Crippen molar-refractivity contribution >= 4 is 11.6 Å². The number of benzene rings is 1. The number of aromatic carboxylic acids is 1. The van der Waals surface area contributed by atoms with E-state index in [0.29, 0.717) is 5.75 Å². The van der Waals surface area contributed by atoms with Crippen molar-refractivity contribution in [3.8, 4) is 5.75 Å². The smallest absolute Gasteiger partial charge is 0.354 e. The quantitative estimate of drug-likeness (QED) is 0.801. The molecule has 21 heavy (non-hydrogen) atoms. The summed E-state index contributed by atoms with van der Waals surface area (Å²) in [6.45, 7) is -0.0488. The lowest BCUT2D eigenvalue weighted by molar-refractivity contribution is 0.0686. The van der Waals surface area contributed by atoms with Crippen molar-refractivity contribution in [1.82, 2.24) is 9.38 Å². The van der Waals surface area contributed by atoms with E-state index < -0.39 is 11.8 Å². The van der Waals surface area contributed by atoms with Gasteiger partial charge in [0.25, 0.3) is 0 Å². The van der Waals surface area contributed by atoms with Crippen LogP contribution in [0.3, 0.4) is 0 Å². The second-order valence-corrected chi connectivity index (χ2v) is 4.36. The average molecular weight is 286 g/mol. The number of hydrogen-bond acceptors (Lipinski definition) is 3. The lowest BCUT2D eigenvalue weighted by Crippen LogP contribution is -2.07. The highest BCUT2D eigenvalue weighted by atomic mass is 19.1. The number of fused-ring (bicyclic) bond motifs is 1. The molecular weight excluding hydrogens is 275 g/mol. The van der Waals surface area contributed by atoms with Crippen molar-refractivity contribution in [2.24, 2.45) is 0 Å². The lowest BCUT2D eigenvalue weighted by Gasteiger charge is -2.04. The van der Waals surface area contributed by atoms with E-state index in [1.165, 1.54) is 22.7 Å². The van der Waals surface area contributed by atoms with Gasteiger partial charge in [0.1, 0.15) is 18.1 Å². The molecule has 3 rings (SSSR count). The maximum atomic E-state index is 13.7. The van der Waals surface area contributed by atoms with Gasteiger partial charge in [0.05, 0.1) is 0 Å². The van der Waals surface area contributed by atoms with Gasteiger partial charge in [0.2, 0.25) is 0 Å². The Balaban J connectivity index is 2.00. The van der Waals surface area contributed by atoms with Gasteiger partial charge >= 0.3 is 5.97 Å². The van der Waals surface area contributed by atoms with Crippen molar-refractivity contribution in [2.45, 2.75) is 6.61 Å². The van der Waals surface area contributed by atoms with E-state index in [4.69, 9.17) is 4.74 Å². The third-order valence-corrected chi connectivity index (χ3v) is 3.00. The number of halogens is 1. The van der Waals surface area contributed by atoms with E-state index in [0.717, 1.165) is 0 Å². The predicted molar refractivity (Wildman–Crippen MR) is 72.9 cm³/mol. The number of carboxylic acid groups (broad SMARTS) is 1. The molecule has 0 amide bonds. The van der Waals surface area contributed by atoms with Crippen LogP contribution in [0.4, 0.5) is 4.39 Å². The van der Waals surface area contributed by atoms with Crippen LogP contribution in [-0.2, 0) is 6.61 Å². The minimum Gasteiger partial charge on any atom is -0.487 e. The number of rotatable bonds is 4. The minimum atomic E-state index is -1.18. The van der Waals surface area contributed by atoms with Crippen LogP contribution in [-0.4, -0.2) is 20.5 Å². The number of imidazole rings is 1. The van der Waals surface area contributed by atoms with Crippen molar-refractivity contribution in [2.75, 3.05) is 0 Å². The molecule has 1 aromatic carbocycles. The molecule has 5 nitrogen and oxygen atoms in total. The predicted octanol–water partition coefficient (Wildman–Crippen LogP) is 2.75. The second-order valence-electron chi connectivity index (χ2n) is 4.36. The van der Waals surface area contributed by atoms with E-state index in [-0.39, 0.29) is 23.6 Å². The summed E-state index contributed by atoms with van der Waals surface area (Å²) in [7, 11) is 0. The highest BCUT2D eigenvalue weighted by molar-refractivity contribution is 5.88. The van der Waals surface area contributed by atoms with E-state index in [1.807, 2.05) is 6.07 Å². The molecule has 6 heteroatoms. The summed E-state index contributed by atoms with van der Waals surface area (Å²) in [4.78, 5) is 15.4. The first-order valence-electron chi connectivity index (χ1n) is 6.23. The Morgan fingerprint density at radius 1 is 1.24 bits per heavy atom. The number of pyridine rings is 1. The van der Waals surface area contributed by atoms with Gasteiger partial charge < -0.3 is 9.84 Å². The fourth-order valence-electron chi connectivity index (χ4n) is 2.08.